The SMILES string of the molecule is CC(C)[Si]1(CCCOC=O)C2=CC(=[N+]3CCCCC3)C=CC2=Nc2ccc(N3CCCCC3)cc21. The second-order valence-corrected chi connectivity index (χ2v) is 15.5. The molecule has 0 saturated carbocycles. The number of carbonyl (C=O) groups excluding carboxylic acids is 1. The van der Waals surface area contributed by atoms with Crippen molar-refractivity contribution >= 4 is 42.5 Å². The highest BCUT2D eigenvalue weighted by Gasteiger charge is 2.48. The van der Waals surface area contributed by atoms with E-state index in [1.165, 1.54) is 60.3 Å². The third-order valence-corrected chi connectivity index (χ3v) is 14.3. The van der Waals surface area contributed by atoms with Gasteiger partial charge in [0.1, 0.15) is 21.2 Å². The Labute approximate surface area is 211 Å². The van der Waals surface area contributed by atoms with Crippen molar-refractivity contribution in [2.75, 3.05) is 37.7 Å². The van der Waals surface area contributed by atoms with Crippen molar-refractivity contribution in [2.24, 2.45) is 4.99 Å². The molecule has 0 bridgehead atoms. The van der Waals surface area contributed by atoms with Crippen molar-refractivity contribution in [3.05, 3.63) is 41.6 Å². The molecular weight excluding hydrogens is 450 g/mol. The van der Waals surface area contributed by atoms with Crippen LogP contribution in [0, 0.1) is 0 Å². The Hall–Kier alpha value is -2.47. The van der Waals surface area contributed by atoms with Crippen molar-refractivity contribution < 1.29 is 14.1 Å². The van der Waals surface area contributed by atoms with Crippen LogP contribution >= 0.6 is 0 Å². The van der Waals surface area contributed by atoms with Crippen molar-refractivity contribution in [1.82, 2.24) is 0 Å². The minimum Gasteiger partial charge on any atom is -0.468 e. The number of nitrogens with zero attached hydrogens (tertiary/aromatic N) is 3. The van der Waals surface area contributed by atoms with Crippen LogP contribution in [-0.2, 0) is 9.53 Å². The van der Waals surface area contributed by atoms with Crippen LogP contribution in [0.5, 0.6) is 0 Å². The quantitative estimate of drug-likeness (QED) is 0.176. The lowest BCUT2D eigenvalue weighted by molar-refractivity contribution is -0.535. The van der Waals surface area contributed by atoms with E-state index in [0.717, 1.165) is 50.0 Å². The summed E-state index contributed by atoms with van der Waals surface area (Å²) in [4.78, 5) is 18.7. The molecule has 0 radical (unpaired) electrons. The molecule has 0 N–H and O–H groups in total. The van der Waals surface area contributed by atoms with Gasteiger partial charge in [0.25, 0.3) is 6.47 Å². The van der Waals surface area contributed by atoms with Gasteiger partial charge in [0.05, 0.1) is 18.0 Å². The summed E-state index contributed by atoms with van der Waals surface area (Å²) in [5.74, 6) is 0. The van der Waals surface area contributed by atoms with Crippen LogP contribution in [0.1, 0.15) is 58.8 Å². The number of hydrogen-bond donors (Lipinski definition) is 0. The molecule has 4 aliphatic rings. The van der Waals surface area contributed by atoms with Gasteiger partial charge in [-0.1, -0.05) is 13.8 Å². The second-order valence-electron chi connectivity index (χ2n) is 10.8. The van der Waals surface area contributed by atoms with Crippen LogP contribution < -0.4 is 10.1 Å². The van der Waals surface area contributed by atoms with Gasteiger partial charge in [0.15, 0.2) is 5.71 Å². The number of aliphatic imine (C=N–C) groups is 1. The Morgan fingerprint density at radius 2 is 1.86 bits per heavy atom. The summed E-state index contributed by atoms with van der Waals surface area (Å²) in [5, 5.41) is 2.95. The molecule has 0 spiro atoms. The first-order valence-electron chi connectivity index (χ1n) is 13.7. The molecule has 2 fully saturated rings. The maximum absolute atomic E-state index is 10.9. The van der Waals surface area contributed by atoms with Crippen LogP contribution in [0.3, 0.4) is 0 Å². The fourth-order valence-electron chi connectivity index (χ4n) is 6.59. The number of carbonyl (C=O) groups is 1. The van der Waals surface area contributed by atoms with Gasteiger partial charge in [-0.05, 0) is 78.3 Å². The van der Waals surface area contributed by atoms with Crippen molar-refractivity contribution in [1.29, 1.82) is 0 Å². The van der Waals surface area contributed by atoms with Crippen LogP contribution in [0.15, 0.2) is 46.6 Å². The highest BCUT2D eigenvalue weighted by molar-refractivity contribution is 7.03. The van der Waals surface area contributed by atoms with Gasteiger partial charge in [-0.25, -0.2) is 9.57 Å². The zero-order valence-electron chi connectivity index (χ0n) is 21.5. The number of fused-ring (bicyclic) bond motifs is 2. The Morgan fingerprint density at radius 1 is 1.09 bits per heavy atom. The molecule has 1 atom stereocenters. The first kappa shape index (κ1) is 24.2. The first-order chi connectivity index (χ1) is 17.1. The van der Waals surface area contributed by atoms with Gasteiger partial charge in [-0.3, -0.25) is 4.79 Å². The van der Waals surface area contributed by atoms with E-state index in [1.54, 1.807) is 0 Å². The molecule has 1 aromatic carbocycles. The van der Waals surface area contributed by atoms with Gasteiger partial charge in [-0.15, -0.1) is 0 Å². The lowest BCUT2D eigenvalue weighted by Gasteiger charge is -2.43. The Bertz CT molecular complexity index is 1070. The fourth-order valence-corrected chi connectivity index (χ4v) is 11.9. The average Bonchev–Trinajstić information content (AvgIpc) is 2.91. The molecule has 3 heterocycles. The monoisotopic (exact) mass is 490 g/mol. The third kappa shape index (κ3) is 4.69. The second kappa shape index (κ2) is 10.6. The zero-order chi connectivity index (χ0) is 24.3. The van der Waals surface area contributed by atoms with E-state index in [1.807, 2.05) is 0 Å². The van der Waals surface area contributed by atoms with Crippen molar-refractivity contribution in [3.63, 3.8) is 0 Å². The number of ether oxygens (including phenoxy) is 1. The summed E-state index contributed by atoms with van der Waals surface area (Å²) in [6.07, 6.45) is 15.7. The first-order valence-corrected chi connectivity index (χ1v) is 16.0. The summed E-state index contributed by atoms with van der Waals surface area (Å²) >= 11 is 0. The van der Waals surface area contributed by atoms with E-state index in [2.05, 4.69) is 59.8 Å². The number of anilines is 1. The molecule has 186 valence electrons. The minimum atomic E-state index is -2.18. The largest absolute Gasteiger partial charge is 0.468 e. The molecule has 0 amide bonds. The molecule has 6 heteroatoms. The molecular formula is C29H40N3O2Si+. The maximum atomic E-state index is 10.9. The molecule has 5 nitrogen and oxygen atoms in total. The molecule has 1 unspecified atom stereocenters. The highest BCUT2D eigenvalue weighted by atomic mass is 28.3. The van der Waals surface area contributed by atoms with Gasteiger partial charge in [-0.2, -0.15) is 0 Å². The minimum absolute atomic E-state index is 0.490. The lowest BCUT2D eigenvalue weighted by atomic mass is 10.1. The standard InChI is InChI=1S/C29H40N3O2Si/c1-23(2)35(19-9-18-34-22-33)28-20-24(31-14-5-3-6-15-31)10-12-26(28)30-27-13-11-25(21-29(27)35)32-16-7-4-8-17-32/h10-13,20-23H,3-9,14-19H2,1-2H3/q+1. The van der Waals surface area contributed by atoms with E-state index in [0.29, 0.717) is 18.6 Å². The lowest BCUT2D eigenvalue weighted by Crippen LogP contribution is -2.57. The van der Waals surface area contributed by atoms with Crippen molar-refractivity contribution in [2.45, 2.75) is 70.4 Å². The van der Waals surface area contributed by atoms with E-state index in [4.69, 9.17) is 9.73 Å². The van der Waals surface area contributed by atoms with Crippen LogP contribution in [0.25, 0.3) is 0 Å². The zero-order valence-corrected chi connectivity index (χ0v) is 22.5. The number of allylic oxidation sites excluding steroid dienone is 4. The van der Waals surface area contributed by atoms with E-state index in [-0.39, 0.29) is 0 Å². The fraction of sp³-hybridized carbons (Fsp3) is 0.552. The predicted molar refractivity (Wildman–Crippen MR) is 148 cm³/mol. The number of rotatable bonds is 7. The molecule has 1 aromatic rings. The van der Waals surface area contributed by atoms with E-state index >= 15 is 0 Å². The molecule has 5 rings (SSSR count). The van der Waals surface area contributed by atoms with Crippen LogP contribution in [0.4, 0.5) is 11.4 Å². The van der Waals surface area contributed by atoms with Crippen molar-refractivity contribution in [3.8, 4) is 0 Å². The van der Waals surface area contributed by atoms with Crippen LogP contribution in [0.2, 0.25) is 11.6 Å². The summed E-state index contributed by atoms with van der Waals surface area (Å²) < 4.78 is 7.73. The molecule has 3 aliphatic heterocycles. The number of hydrogen-bond acceptors (Lipinski definition) is 4. The summed E-state index contributed by atoms with van der Waals surface area (Å²) in [5.41, 5.74) is 5.54. The van der Waals surface area contributed by atoms with Gasteiger partial charge >= 0.3 is 0 Å². The summed E-state index contributed by atoms with van der Waals surface area (Å²) in [7, 11) is -2.18. The van der Waals surface area contributed by atoms with Crippen LogP contribution in [-0.4, -0.2) is 63.3 Å². The maximum Gasteiger partial charge on any atom is 0.293 e. The van der Waals surface area contributed by atoms with Gasteiger partial charge in [0.2, 0.25) is 0 Å². The van der Waals surface area contributed by atoms with E-state index < -0.39 is 8.07 Å². The van der Waals surface area contributed by atoms with E-state index in [9.17, 15) is 4.79 Å². The Kier molecular flexibility index (Phi) is 7.37. The molecule has 1 aliphatic carbocycles. The third-order valence-electron chi connectivity index (χ3n) is 8.49. The number of piperidine rings is 2. The summed E-state index contributed by atoms with van der Waals surface area (Å²) in [6.45, 7) is 10.5. The highest BCUT2D eigenvalue weighted by Crippen LogP contribution is 2.42. The normalized spacial score (nSPS) is 24.0. The molecule has 2 saturated heterocycles. The van der Waals surface area contributed by atoms with Gasteiger partial charge < -0.3 is 9.64 Å². The molecule has 0 aromatic heterocycles. The number of benzene rings is 1. The summed E-state index contributed by atoms with van der Waals surface area (Å²) in [6, 6.07) is 8.12. The molecule has 35 heavy (non-hydrogen) atoms. The predicted octanol–water partition coefficient (Wildman–Crippen LogP) is 5.06. The average molecular weight is 491 g/mol. The Balaban J connectivity index is 1.63. The smallest absolute Gasteiger partial charge is 0.293 e. The van der Waals surface area contributed by atoms with Gasteiger partial charge in [0, 0.05) is 43.8 Å². The Morgan fingerprint density at radius 3 is 2.60 bits per heavy atom. The topological polar surface area (TPSA) is 44.9 Å².